The molecule has 20 heavy (non-hydrogen) atoms. The first-order valence-corrected chi connectivity index (χ1v) is 7.66. The molecule has 0 radical (unpaired) electrons. The molecule has 0 saturated heterocycles. The van der Waals surface area contributed by atoms with Crippen molar-refractivity contribution in [2.45, 2.75) is 20.3 Å². The van der Waals surface area contributed by atoms with Gasteiger partial charge in [0.25, 0.3) is 0 Å². The van der Waals surface area contributed by atoms with Crippen molar-refractivity contribution in [1.82, 2.24) is 19.7 Å². The molecular weight excluding hydrogens is 294 g/mol. The van der Waals surface area contributed by atoms with Crippen molar-refractivity contribution in [3.8, 4) is 5.82 Å². The minimum absolute atomic E-state index is 0.626. The summed E-state index contributed by atoms with van der Waals surface area (Å²) in [5.74, 6) is 1.38. The van der Waals surface area contributed by atoms with E-state index in [-0.39, 0.29) is 0 Å². The van der Waals surface area contributed by atoms with Crippen LogP contribution in [-0.2, 0) is 0 Å². The summed E-state index contributed by atoms with van der Waals surface area (Å²) < 4.78 is 1.71. The van der Waals surface area contributed by atoms with Crippen molar-refractivity contribution in [2.24, 2.45) is 0 Å². The molecule has 0 unspecified atom stereocenters. The molecule has 0 saturated carbocycles. The zero-order valence-corrected chi connectivity index (χ0v) is 12.8. The molecule has 0 spiro atoms. The lowest BCUT2D eigenvalue weighted by molar-refractivity contribution is 0.835. The van der Waals surface area contributed by atoms with Gasteiger partial charge >= 0.3 is 0 Å². The second-order valence-corrected chi connectivity index (χ2v) is 5.75. The van der Waals surface area contributed by atoms with Gasteiger partial charge < -0.3 is 5.32 Å². The van der Waals surface area contributed by atoms with E-state index in [4.69, 9.17) is 11.6 Å². The molecule has 0 aliphatic carbocycles. The van der Waals surface area contributed by atoms with Crippen molar-refractivity contribution in [3.05, 3.63) is 28.4 Å². The maximum absolute atomic E-state index is 6.09. The third-order valence-electron chi connectivity index (χ3n) is 2.89. The predicted molar refractivity (Wildman–Crippen MR) is 83.1 cm³/mol. The van der Waals surface area contributed by atoms with E-state index in [0.717, 1.165) is 34.7 Å². The maximum Gasteiger partial charge on any atom is 0.226 e. The lowest BCUT2D eigenvalue weighted by Crippen LogP contribution is -2.07. The first-order chi connectivity index (χ1) is 9.69. The summed E-state index contributed by atoms with van der Waals surface area (Å²) in [6.45, 7) is 4.82. The average Bonchev–Trinajstić information content (AvgIpc) is 3.03. The van der Waals surface area contributed by atoms with Crippen molar-refractivity contribution in [1.29, 1.82) is 0 Å². The third-order valence-corrected chi connectivity index (χ3v) is 4.07. The Morgan fingerprint density at radius 2 is 2.25 bits per heavy atom. The molecule has 0 aliphatic heterocycles. The van der Waals surface area contributed by atoms with Crippen LogP contribution in [0, 0.1) is 6.92 Å². The summed E-state index contributed by atoms with van der Waals surface area (Å²) >= 11 is 7.68. The van der Waals surface area contributed by atoms with Gasteiger partial charge in [-0.15, -0.1) is 11.3 Å². The van der Waals surface area contributed by atoms with E-state index in [2.05, 4.69) is 27.3 Å². The molecule has 3 aromatic rings. The summed E-state index contributed by atoms with van der Waals surface area (Å²) in [5, 5.41) is 11.2. The minimum atomic E-state index is 0.626. The smallest absolute Gasteiger partial charge is 0.226 e. The number of aromatic nitrogens is 4. The Kier molecular flexibility index (Phi) is 3.58. The Bertz CT molecular complexity index is 729. The number of rotatable bonds is 4. The molecule has 0 bridgehead atoms. The summed E-state index contributed by atoms with van der Waals surface area (Å²) in [4.78, 5) is 10.0. The average molecular weight is 308 g/mol. The Labute approximate surface area is 125 Å². The van der Waals surface area contributed by atoms with Gasteiger partial charge in [0.05, 0.1) is 22.3 Å². The molecular formula is C13H14ClN5S. The highest BCUT2D eigenvalue weighted by Gasteiger charge is 2.13. The lowest BCUT2D eigenvalue weighted by atomic mass is 10.4. The Morgan fingerprint density at radius 1 is 1.40 bits per heavy atom. The second kappa shape index (κ2) is 5.38. The number of nitrogens with one attached hydrogen (secondary N) is 1. The van der Waals surface area contributed by atoms with E-state index in [1.54, 1.807) is 22.2 Å². The number of halogens is 1. The van der Waals surface area contributed by atoms with E-state index in [0.29, 0.717) is 11.0 Å². The molecule has 0 aromatic carbocycles. The van der Waals surface area contributed by atoms with Crippen LogP contribution in [0.3, 0.4) is 0 Å². The van der Waals surface area contributed by atoms with E-state index < -0.39 is 0 Å². The van der Waals surface area contributed by atoms with E-state index >= 15 is 0 Å². The summed E-state index contributed by atoms with van der Waals surface area (Å²) in [7, 11) is 0. The van der Waals surface area contributed by atoms with Gasteiger partial charge in [-0.2, -0.15) is 10.1 Å². The SMILES string of the molecule is CCCNc1nc(-n2cc(Cl)c(C)n2)c2ccsc2n1. The van der Waals surface area contributed by atoms with Crippen LogP contribution < -0.4 is 5.32 Å². The molecule has 7 heteroatoms. The van der Waals surface area contributed by atoms with Crippen LogP contribution >= 0.6 is 22.9 Å². The topological polar surface area (TPSA) is 55.6 Å². The first kappa shape index (κ1) is 13.3. The molecule has 104 valence electrons. The van der Waals surface area contributed by atoms with Crippen molar-refractivity contribution in [3.63, 3.8) is 0 Å². The van der Waals surface area contributed by atoms with Gasteiger partial charge in [-0.1, -0.05) is 18.5 Å². The highest BCUT2D eigenvalue weighted by Crippen LogP contribution is 2.26. The number of fused-ring (bicyclic) bond motifs is 1. The second-order valence-electron chi connectivity index (χ2n) is 4.44. The number of anilines is 1. The summed E-state index contributed by atoms with van der Waals surface area (Å²) in [6.07, 6.45) is 2.80. The lowest BCUT2D eigenvalue weighted by Gasteiger charge is -2.07. The predicted octanol–water partition coefficient (Wildman–Crippen LogP) is 3.66. The fourth-order valence-corrected chi connectivity index (χ4v) is 2.77. The van der Waals surface area contributed by atoms with Crippen molar-refractivity contribution >= 4 is 39.1 Å². The highest BCUT2D eigenvalue weighted by atomic mass is 35.5. The van der Waals surface area contributed by atoms with E-state index in [1.165, 1.54) is 0 Å². The van der Waals surface area contributed by atoms with Gasteiger partial charge in [-0.25, -0.2) is 9.67 Å². The van der Waals surface area contributed by atoms with Crippen LogP contribution in [0.25, 0.3) is 16.0 Å². The first-order valence-electron chi connectivity index (χ1n) is 6.40. The Morgan fingerprint density at radius 3 is 2.95 bits per heavy atom. The van der Waals surface area contributed by atoms with E-state index in [1.807, 2.05) is 18.4 Å². The molecule has 1 N–H and O–H groups in total. The summed E-state index contributed by atoms with van der Waals surface area (Å²) in [6, 6.07) is 2.00. The van der Waals surface area contributed by atoms with Crippen LogP contribution in [0.15, 0.2) is 17.6 Å². The van der Waals surface area contributed by atoms with Crippen LogP contribution in [-0.4, -0.2) is 26.3 Å². The summed E-state index contributed by atoms with van der Waals surface area (Å²) in [5.41, 5.74) is 0.789. The number of thiophene rings is 1. The van der Waals surface area contributed by atoms with Gasteiger partial charge in [-0.3, -0.25) is 0 Å². The standard InChI is InChI=1S/C13H14ClN5S/c1-3-5-15-13-16-11(9-4-6-20-12(9)17-13)19-7-10(14)8(2)18-19/h4,6-7H,3,5H2,1-2H3,(H,15,16,17). The normalized spacial score (nSPS) is 11.2. The highest BCUT2D eigenvalue weighted by molar-refractivity contribution is 7.16. The van der Waals surface area contributed by atoms with Crippen molar-refractivity contribution in [2.75, 3.05) is 11.9 Å². The van der Waals surface area contributed by atoms with Gasteiger partial charge in [0.1, 0.15) is 4.83 Å². The molecule has 0 fully saturated rings. The van der Waals surface area contributed by atoms with Gasteiger partial charge in [-0.05, 0) is 24.8 Å². The molecule has 0 atom stereocenters. The maximum atomic E-state index is 6.09. The van der Waals surface area contributed by atoms with Crippen LogP contribution in [0.5, 0.6) is 0 Å². The number of nitrogens with zero attached hydrogens (tertiary/aromatic N) is 4. The molecule has 3 heterocycles. The fraction of sp³-hybridized carbons (Fsp3) is 0.308. The monoisotopic (exact) mass is 307 g/mol. The van der Waals surface area contributed by atoms with Crippen LogP contribution in [0.1, 0.15) is 19.0 Å². The molecule has 3 aromatic heterocycles. The van der Waals surface area contributed by atoms with E-state index in [9.17, 15) is 0 Å². The molecule has 0 aliphatic rings. The number of hydrogen-bond donors (Lipinski definition) is 1. The molecule has 5 nitrogen and oxygen atoms in total. The van der Waals surface area contributed by atoms with Gasteiger partial charge in [0.15, 0.2) is 5.82 Å². The third kappa shape index (κ3) is 2.36. The Balaban J connectivity index is 2.14. The zero-order valence-electron chi connectivity index (χ0n) is 11.2. The van der Waals surface area contributed by atoms with Crippen molar-refractivity contribution < 1.29 is 0 Å². The Hall–Kier alpha value is -1.66. The zero-order chi connectivity index (χ0) is 14.1. The number of aryl methyl sites for hydroxylation is 1. The quantitative estimate of drug-likeness (QED) is 0.799. The molecule has 0 amide bonds. The van der Waals surface area contributed by atoms with Crippen LogP contribution in [0.4, 0.5) is 5.95 Å². The largest absolute Gasteiger partial charge is 0.354 e. The van der Waals surface area contributed by atoms with Gasteiger partial charge in [0.2, 0.25) is 5.95 Å². The van der Waals surface area contributed by atoms with Gasteiger partial charge in [0, 0.05) is 6.54 Å². The minimum Gasteiger partial charge on any atom is -0.354 e. The number of hydrogen-bond acceptors (Lipinski definition) is 5. The molecule has 3 rings (SSSR count). The fourth-order valence-electron chi connectivity index (χ4n) is 1.88. The van der Waals surface area contributed by atoms with Crippen LogP contribution in [0.2, 0.25) is 5.02 Å².